The summed E-state index contributed by atoms with van der Waals surface area (Å²) in [5.74, 6) is 0.0287. The van der Waals surface area contributed by atoms with E-state index in [9.17, 15) is 9.18 Å². The zero-order valence-corrected chi connectivity index (χ0v) is 16.8. The van der Waals surface area contributed by atoms with Crippen LogP contribution in [0.25, 0.3) is 16.6 Å². The molecule has 4 rings (SSSR count). The fourth-order valence-corrected chi connectivity index (χ4v) is 4.24. The Morgan fingerprint density at radius 3 is 2.79 bits per heavy atom. The van der Waals surface area contributed by atoms with Crippen molar-refractivity contribution in [3.8, 4) is 5.69 Å². The van der Waals surface area contributed by atoms with Gasteiger partial charge in [-0.15, -0.1) is 0 Å². The van der Waals surface area contributed by atoms with Gasteiger partial charge in [0.2, 0.25) is 0 Å². The van der Waals surface area contributed by atoms with Gasteiger partial charge < -0.3 is 10.2 Å². The van der Waals surface area contributed by atoms with Gasteiger partial charge in [-0.2, -0.15) is 5.10 Å². The van der Waals surface area contributed by atoms with Crippen LogP contribution in [0.1, 0.15) is 36.5 Å². The van der Waals surface area contributed by atoms with Crippen LogP contribution in [0.5, 0.6) is 0 Å². The van der Waals surface area contributed by atoms with Gasteiger partial charge in [0.15, 0.2) is 0 Å². The van der Waals surface area contributed by atoms with Crippen LogP contribution in [0.2, 0.25) is 0 Å². The number of carbonyl (C=O) groups is 1. The van der Waals surface area contributed by atoms with Crippen LogP contribution in [0, 0.1) is 11.7 Å². The van der Waals surface area contributed by atoms with E-state index in [1.54, 1.807) is 35.4 Å². The quantitative estimate of drug-likeness (QED) is 0.719. The number of rotatable bonds is 5. The molecule has 1 aliphatic rings. The molecule has 152 valence electrons. The Labute approximate surface area is 169 Å². The minimum atomic E-state index is -0.303. The number of nitrogens with one attached hydrogen (secondary N) is 1. The summed E-state index contributed by atoms with van der Waals surface area (Å²) < 4.78 is 14.9. The lowest BCUT2D eigenvalue weighted by molar-refractivity contribution is 0.0894. The predicted octanol–water partition coefficient (Wildman–Crippen LogP) is 3.41. The summed E-state index contributed by atoms with van der Waals surface area (Å²) >= 11 is 0. The number of pyridine rings is 1. The number of carbonyl (C=O) groups excluding carboxylic acids is 1. The lowest BCUT2D eigenvalue weighted by Crippen LogP contribution is -2.46. The summed E-state index contributed by atoms with van der Waals surface area (Å²) in [7, 11) is 2.13. The molecule has 0 bridgehead atoms. The highest BCUT2D eigenvalue weighted by Gasteiger charge is 2.27. The molecule has 2 atom stereocenters. The van der Waals surface area contributed by atoms with Gasteiger partial charge in [-0.3, -0.25) is 9.78 Å². The molecule has 3 heterocycles. The molecule has 29 heavy (non-hydrogen) atoms. The predicted molar refractivity (Wildman–Crippen MR) is 111 cm³/mol. The van der Waals surface area contributed by atoms with E-state index >= 15 is 0 Å². The van der Waals surface area contributed by atoms with Gasteiger partial charge in [-0.1, -0.05) is 6.92 Å². The van der Waals surface area contributed by atoms with Crippen LogP contribution in [0.15, 0.2) is 42.9 Å². The number of piperidine rings is 1. The molecule has 0 spiro atoms. The number of halogens is 1. The van der Waals surface area contributed by atoms with Crippen LogP contribution in [0.4, 0.5) is 4.39 Å². The molecule has 1 amide bonds. The van der Waals surface area contributed by atoms with Crippen molar-refractivity contribution in [1.29, 1.82) is 0 Å². The van der Waals surface area contributed by atoms with Crippen molar-refractivity contribution in [3.63, 3.8) is 0 Å². The molecule has 6 nitrogen and oxygen atoms in total. The van der Waals surface area contributed by atoms with Crippen molar-refractivity contribution in [3.05, 3.63) is 54.2 Å². The first-order valence-corrected chi connectivity index (χ1v) is 10.1. The van der Waals surface area contributed by atoms with E-state index in [-0.39, 0.29) is 17.8 Å². The van der Waals surface area contributed by atoms with Gasteiger partial charge in [-0.05, 0) is 63.0 Å². The summed E-state index contributed by atoms with van der Waals surface area (Å²) in [6, 6.07) is 6.22. The number of fused-ring (bicyclic) bond motifs is 1. The lowest BCUT2D eigenvalue weighted by Gasteiger charge is -2.35. The molecule has 1 saturated heterocycles. The number of benzene rings is 1. The Bertz CT molecular complexity index is 1000. The van der Waals surface area contributed by atoms with Gasteiger partial charge in [0.25, 0.3) is 5.91 Å². The fraction of sp³-hybridized carbons (Fsp3) is 0.409. The van der Waals surface area contributed by atoms with Crippen molar-refractivity contribution >= 4 is 16.8 Å². The molecule has 0 aliphatic carbocycles. The van der Waals surface area contributed by atoms with Crippen molar-refractivity contribution in [2.75, 3.05) is 20.1 Å². The van der Waals surface area contributed by atoms with Crippen molar-refractivity contribution in [1.82, 2.24) is 25.0 Å². The number of hydrogen-bond acceptors (Lipinski definition) is 4. The summed E-state index contributed by atoms with van der Waals surface area (Å²) in [6.07, 6.45) is 8.13. The summed E-state index contributed by atoms with van der Waals surface area (Å²) in [4.78, 5) is 19.7. The number of nitrogens with zero attached hydrogens (tertiary/aromatic N) is 4. The monoisotopic (exact) mass is 395 g/mol. The second-order valence-electron chi connectivity index (χ2n) is 7.81. The zero-order chi connectivity index (χ0) is 20.4. The van der Waals surface area contributed by atoms with Crippen LogP contribution in [0.3, 0.4) is 0 Å². The molecule has 2 aromatic heterocycles. The van der Waals surface area contributed by atoms with E-state index in [0.29, 0.717) is 11.5 Å². The molecule has 2 unspecified atom stereocenters. The third-order valence-electron chi connectivity index (χ3n) is 5.80. The average Bonchev–Trinajstić information content (AvgIpc) is 3.16. The Hall–Kier alpha value is -2.80. The molecule has 0 saturated carbocycles. The number of aromatic nitrogens is 3. The second kappa shape index (κ2) is 8.29. The summed E-state index contributed by atoms with van der Waals surface area (Å²) in [5.41, 5.74) is 1.95. The van der Waals surface area contributed by atoms with Crippen LogP contribution < -0.4 is 5.32 Å². The third kappa shape index (κ3) is 4.00. The van der Waals surface area contributed by atoms with Gasteiger partial charge in [0, 0.05) is 24.2 Å². The smallest absolute Gasteiger partial charge is 0.253 e. The second-order valence-corrected chi connectivity index (χ2v) is 7.81. The minimum absolute atomic E-state index is 0.123. The minimum Gasteiger partial charge on any atom is -0.349 e. The lowest BCUT2D eigenvalue weighted by atomic mass is 9.89. The van der Waals surface area contributed by atoms with Gasteiger partial charge in [0.1, 0.15) is 5.82 Å². The van der Waals surface area contributed by atoms with E-state index in [1.807, 2.05) is 0 Å². The van der Waals surface area contributed by atoms with E-state index in [1.165, 1.54) is 12.1 Å². The topological polar surface area (TPSA) is 63.1 Å². The highest BCUT2D eigenvalue weighted by Crippen LogP contribution is 2.23. The number of hydrogen-bond donors (Lipinski definition) is 1. The van der Waals surface area contributed by atoms with E-state index in [4.69, 9.17) is 0 Å². The van der Waals surface area contributed by atoms with E-state index < -0.39 is 0 Å². The van der Waals surface area contributed by atoms with Crippen molar-refractivity contribution in [2.24, 2.45) is 5.92 Å². The molecular weight excluding hydrogens is 369 g/mol. The van der Waals surface area contributed by atoms with Gasteiger partial charge in [-0.25, -0.2) is 9.07 Å². The standard InChI is InChI=1S/C22H26FN5O/c1-3-20(15-5-4-10-27(2)14-15)26-22(29)19-11-24-13-21-18(19)12-25-28(21)17-8-6-16(23)7-9-17/h6-9,11-13,15,20H,3-5,10,14H2,1-2H3,(H,26,29). The summed E-state index contributed by atoms with van der Waals surface area (Å²) in [5, 5.41) is 8.37. The molecule has 1 N–H and O–H groups in total. The van der Waals surface area contributed by atoms with Gasteiger partial charge >= 0.3 is 0 Å². The molecule has 1 aromatic carbocycles. The molecule has 0 radical (unpaired) electrons. The largest absolute Gasteiger partial charge is 0.349 e. The normalized spacial score (nSPS) is 18.7. The Balaban J connectivity index is 1.60. The van der Waals surface area contributed by atoms with Crippen LogP contribution in [-0.2, 0) is 0 Å². The molecule has 3 aromatic rings. The Morgan fingerprint density at radius 1 is 1.28 bits per heavy atom. The fourth-order valence-electron chi connectivity index (χ4n) is 4.24. The average molecular weight is 395 g/mol. The van der Waals surface area contributed by atoms with E-state index in [2.05, 4.69) is 34.3 Å². The SMILES string of the molecule is CCC(NC(=O)c1cncc2c1cnn2-c1ccc(F)cc1)C1CCCN(C)C1. The first-order chi connectivity index (χ1) is 14.1. The summed E-state index contributed by atoms with van der Waals surface area (Å²) in [6.45, 7) is 4.24. The van der Waals surface area contributed by atoms with Crippen LogP contribution in [-0.4, -0.2) is 51.8 Å². The highest BCUT2D eigenvalue weighted by atomic mass is 19.1. The van der Waals surface area contributed by atoms with Crippen LogP contribution >= 0.6 is 0 Å². The van der Waals surface area contributed by atoms with E-state index in [0.717, 1.165) is 48.9 Å². The van der Waals surface area contributed by atoms with Gasteiger partial charge in [0.05, 0.1) is 29.2 Å². The zero-order valence-electron chi connectivity index (χ0n) is 16.8. The molecular formula is C22H26FN5O. The first-order valence-electron chi connectivity index (χ1n) is 10.1. The maximum atomic E-state index is 13.2. The Kier molecular flexibility index (Phi) is 5.58. The first kappa shape index (κ1) is 19.5. The van der Waals surface area contributed by atoms with Crippen molar-refractivity contribution in [2.45, 2.75) is 32.2 Å². The maximum absolute atomic E-state index is 13.2. The van der Waals surface area contributed by atoms with Crippen molar-refractivity contribution < 1.29 is 9.18 Å². The number of likely N-dealkylation sites (tertiary alicyclic amines) is 1. The maximum Gasteiger partial charge on any atom is 0.253 e. The third-order valence-corrected chi connectivity index (χ3v) is 5.80. The number of amides is 1. The molecule has 1 aliphatic heterocycles. The molecule has 1 fully saturated rings. The molecule has 7 heteroatoms. The highest BCUT2D eigenvalue weighted by molar-refractivity contribution is 6.06. The Morgan fingerprint density at radius 2 is 2.07 bits per heavy atom.